The van der Waals surface area contributed by atoms with Crippen molar-refractivity contribution in [3.63, 3.8) is 0 Å². The van der Waals surface area contributed by atoms with Crippen molar-refractivity contribution in [1.29, 1.82) is 0 Å². The third-order valence-electron chi connectivity index (χ3n) is 2.87. The van der Waals surface area contributed by atoms with E-state index in [0.717, 1.165) is 30.2 Å². The van der Waals surface area contributed by atoms with Gasteiger partial charge in [0.25, 0.3) is 0 Å². The third kappa shape index (κ3) is 5.09. The molecule has 2 nitrogen and oxygen atoms in total. The lowest BCUT2D eigenvalue weighted by molar-refractivity contribution is 0.404. The quantitative estimate of drug-likeness (QED) is 0.789. The topological polar surface area (TPSA) is 21.3 Å². The van der Waals surface area contributed by atoms with Crippen molar-refractivity contribution < 1.29 is 4.74 Å². The summed E-state index contributed by atoms with van der Waals surface area (Å²) < 4.78 is 5.39. The summed E-state index contributed by atoms with van der Waals surface area (Å²) in [5.41, 5.74) is 1.18. The number of nitrogens with one attached hydrogen (secondary N) is 1. The van der Waals surface area contributed by atoms with Crippen molar-refractivity contribution in [3.8, 4) is 5.75 Å². The van der Waals surface area contributed by atoms with Crippen LogP contribution in [0.1, 0.15) is 18.9 Å². The zero-order valence-corrected chi connectivity index (χ0v) is 12.9. The van der Waals surface area contributed by atoms with Gasteiger partial charge in [0, 0.05) is 11.1 Å². The van der Waals surface area contributed by atoms with Gasteiger partial charge in [-0.3, -0.25) is 0 Å². The molecule has 1 unspecified atom stereocenters. The van der Waals surface area contributed by atoms with Crippen LogP contribution in [0.5, 0.6) is 5.75 Å². The highest BCUT2D eigenvalue weighted by Gasteiger charge is 2.12. The first-order valence-electron chi connectivity index (χ1n) is 6.26. The van der Waals surface area contributed by atoms with E-state index in [1.54, 1.807) is 7.11 Å². The van der Waals surface area contributed by atoms with Gasteiger partial charge in [0.05, 0.1) is 7.11 Å². The lowest BCUT2D eigenvalue weighted by Crippen LogP contribution is -2.31. The number of ether oxygens (including phenoxy) is 1. The van der Waals surface area contributed by atoms with Crippen molar-refractivity contribution in [2.24, 2.45) is 0 Å². The van der Waals surface area contributed by atoms with Crippen LogP contribution in [0.15, 0.2) is 18.2 Å². The molecule has 0 aliphatic rings. The molecule has 0 fully saturated rings. The van der Waals surface area contributed by atoms with Gasteiger partial charge in [0.15, 0.2) is 0 Å². The summed E-state index contributed by atoms with van der Waals surface area (Å²) in [6.45, 7) is 3.13. The van der Waals surface area contributed by atoms with Gasteiger partial charge in [-0.05, 0) is 55.2 Å². The van der Waals surface area contributed by atoms with E-state index in [2.05, 4.69) is 18.5 Å². The summed E-state index contributed by atoms with van der Waals surface area (Å²) in [6, 6.07) is 6.29. The highest BCUT2D eigenvalue weighted by atomic mass is 35.5. The van der Waals surface area contributed by atoms with Crippen LogP contribution in [0.3, 0.4) is 0 Å². The zero-order chi connectivity index (χ0) is 13.4. The number of halogens is 1. The molecule has 1 aromatic rings. The molecule has 0 aromatic heterocycles. The van der Waals surface area contributed by atoms with E-state index in [0.29, 0.717) is 6.04 Å². The molecular weight excluding hydrogens is 266 g/mol. The van der Waals surface area contributed by atoms with E-state index in [1.807, 2.05) is 30.0 Å². The molecule has 0 radical (unpaired) electrons. The molecule has 0 aliphatic carbocycles. The van der Waals surface area contributed by atoms with Crippen LogP contribution < -0.4 is 10.1 Å². The first kappa shape index (κ1) is 15.7. The molecule has 4 heteroatoms. The Morgan fingerprint density at radius 2 is 2.22 bits per heavy atom. The number of likely N-dealkylation sites (N-methyl/N-ethyl adjacent to an activating group) is 1. The Labute approximate surface area is 119 Å². The summed E-state index contributed by atoms with van der Waals surface area (Å²) in [4.78, 5) is 0. The highest BCUT2D eigenvalue weighted by molar-refractivity contribution is 7.98. The first-order chi connectivity index (χ1) is 8.71. The second-order valence-corrected chi connectivity index (χ2v) is 5.62. The molecule has 1 aromatic carbocycles. The number of benzene rings is 1. The molecule has 0 amide bonds. The van der Waals surface area contributed by atoms with Gasteiger partial charge in [-0.15, -0.1) is 0 Å². The third-order valence-corrected chi connectivity index (χ3v) is 3.75. The standard InChI is InChI=1S/C14H22ClNOS/c1-4-16-13(7-8-18-3)10-11-9-12(15)5-6-14(11)17-2/h5-6,9,13,16H,4,7-8,10H2,1-3H3. The fourth-order valence-corrected chi connectivity index (χ4v) is 2.71. The van der Waals surface area contributed by atoms with E-state index in [-0.39, 0.29) is 0 Å². The van der Waals surface area contributed by atoms with Gasteiger partial charge in [-0.1, -0.05) is 18.5 Å². The zero-order valence-electron chi connectivity index (χ0n) is 11.3. The summed E-state index contributed by atoms with van der Waals surface area (Å²) >= 11 is 7.94. The first-order valence-corrected chi connectivity index (χ1v) is 8.03. The van der Waals surface area contributed by atoms with Gasteiger partial charge in [0.2, 0.25) is 0 Å². The van der Waals surface area contributed by atoms with Crippen molar-refractivity contribution in [3.05, 3.63) is 28.8 Å². The van der Waals surface area contributed by atoms with Crippen molar-refractivity contribution in [2.75, 3.05) is 25.7 Å². The predicted octanol–water partition coefficient (Wildman–Crippen LogP) is 3.62. The largest absolute Gasteiger partial charge is 0.496 e. The summed E-state index contributed by atoms with van der Waals surface area (Å²) in [7, 11) is 1.71. The molecule has 1 rings (SSSR count). The molecular formula is C14H22ClNOS. The Kier molecular flexibility index (Phi) is 7.56. The summed E-state index contributed by atoms with van der Waals surface area (Å²) in [5.74, 6) is 2.09. The molecule has 0 saturated carbocycles. The van der Waals surface area contributed by atoms with E-state index >= 15 is 0 Å². The SMILES string of the molecule is CCNC(CCSC)Cc1cc(Cl)ccc1OC. The molecule has 0 heterocycles. The number of rotatable bonds is 8. The minimum absolute atomic E-state index is 0.481. The average Bonchev–Trinajstić information content (AvgIpc) is 2.36. The van der Waals surface area contributed by atoms with E-state index in [9.17, 15) is 0 Å². The number of thioether (sulfide) groups is 1. The average molecular weight is 288 g/mol. The van der Waals surface area contributed by atoms with Crippen molar-refractivity contribution >= 4 is 23.4 Å². The van der Waals surface area contributed by atoms with Crippen LogP contribution in [-0.4, -0.2) is 31.7 Å². The Balaban J connectivity index is 2.74. The maximum Gasteiger partial charge on any atom is 0.122 e. The Morgan fingerprint density at radius 1 is 1.44 bits per heavy atom. The van der Waals surface area contributed by atoms with Crippen LogP contribution >= 0.6 is 23.4 Å². The summed E-state index contributed by atoms with van der Waals surface area (Å²) in [6.07, 6.45) is 4.26. The number of methoxy groups -OCH3 is 1. The Bertz CT molecular complexity index is 360. The maximum atomic E-state index is 6.06. The van der Waals surface area contributed by atoms with E-state index in [4.69, 9.17) is 16.3 Å². The minimum Gasteiger partial charge on any atom is -0.496 e. The fraction of sp³-hybridized carbons (Fsp3) is 0.571. The fourth-order valence-electron chi connectivity index (χ4n) is 2.00. The molecule has 0 aliphatic heterocycles. The van der Waals surface area contributed by atoms with Crippen LogP contribution in [0.2, 0.25) is 5.02 Å². The van der Waals surface area contributed by atoms with E-state index < -0.39 is 0 Å². The predicted molar refractivity (Wildman–Crippen MR) is 82.2 cm³/mol. The normalized spacial score (nSPS) is 12.4. The Morgan fingerprint density at radius 3 is 2.83 bits per heavy atom. The number of hydrogen-bond donors (Lipinski definition) is 1. The summed E-state index contributed by atoms with van der Waals surface area (Å²) in [5, 5.41) is 4.29. The lowest BCUT2D eigenvalue weighted by atomic mass is 10.0. The van der Waals surface area contributed by atoms with E-state index in [1.165, 1.54) is 11.3 Å². The Hall–Kier alpha value is -0.380. The molecule has 0 bridgehead atoms. The molecule has 1 N–H and O–H groups in total. The highest BCUT2D eigenvalue weighted by Crippen LogP contribution is 2.24. The molecule has 18 heavy (non-hydrogen) atoms. The smallest absolute Gasteiger partial charge is 0.122 e. The van der Waals surface area contributed by atoms with Gasteiger partial charge < -0.3 is 10.1 Å². The molecule has 0 saturated heterocycles. The second kappa shape index (κ2) is 8.68. The van der Waals surface area contributed by atoms with Gasteiger partial charge in [-0.25, -0.2) is 0 Å². The number of hydrogen-bond acceptors (Lipinski definition) is 3. The lowest BCUT2D eigenvalue weighted by Gasteiger charge is -2.19. The van der Waals surface area contributed by atoms with Crippen molar-refractivity contribution in [2.45, 2.75) is 25.8 Å². The van der Waals surface area contributed by atoms with Crippen LogP contribution in [-0.2, 0) is 6.42 Å². The minimum atomic E-state index is 0.481. The van der Waals surface area contributed by atoms with Gasteiger partial charge in [0.1, 0.15) is 5.75 Å². The van der Waals surface area contributed by atoms with Gasteiger partial charge >= 0.3 is 0 Å². The van der Waals surface area contributed by atoms with Gasteiger partial charge in [-0.2, -0.15) is 11.8 Å². The molecule has 102 valence electrons. The maximum absolute atomic E-state index is 6.06. The monoisotopic (exact) mass is 287 g/mol. The second-order valence-electron chi connectivity index (χ2n) is 4.20. The van der Waals surface area contributed by atoms with Crippen LogP contribution in [0, 0.1) is 0 Å². The van der Waals surface area contributed by atoms with Crippen LogP contribution in [0.4, 0.5) is 0 Å². The van der Waals surface area contributed by atoms with Crippen molar-refractivity contribution in [1.82, 2.24) is 5.32 Å². The van der Waals surface area contributed by atoms with Crippen LogP contribution in [0.25, 0.3) is 0 Å². The molecule has 0 spiro atoms. The molecule has 1 atom stereocenters.